The second-order valence-electron chi connectivity index (χ2n) is 7.75. The Hall–Kier alpha value is -1.52. The summed E-state index contributed by atoms with van der Waals surface area (Å²) < 4.78 is 12.2. The summed E-state index contributed by atoms with van der Waals surface area (Å²) in [4.78, 5) is 4.13. The minimum absolute atomic E-state index is 0.146. The number of thiophene rings is 1. The second kappa shape index (κ2) is 10.1. The van der Waals surface area contributed by atoms with Crippen LogP contribution in [0.15, 0.2) is 41.8 Å². The third kappa shape index (κ3) is 5.73. The largest absolute Gasteiger partial charge is 0.489 e. The first-order chi connectivity index (χ1) is 13.2. The first kappa shape index (κ1) is 20.2. The zero-order valence-electron chi connectivity index (χ0n) is 16.9. The van der Waals surface area contributed by atoms with E-state index in [1.807, 2.05) is 35.6 Å². The highest BCUT2D eigenvalue weighted by Gasteiger charge is 2.31. The van der Waals surface area contributed by atoms with Crippen LogP contribution in [0.25, 0.3) is 0 Å². The molecule has 3 nitrogen and oxygen atoms in total. The summed E-state index contributed by atoms with van der Waals surface area (Å²) in [5, 5.41) is 2.20. The maximum absolute atomic E-state index is 6.31. The van der Waals surface area contributed by atoms with E-state index in [1.54, 1.807) is 0 Å². The van der Waals surface area contributed by atoms with Gasteiger partial charge < -0.3 is 14.4 Å². The number of ether oxygens (including phenoxy) is 2. The van der Waals surface area contributed by atoms with E-state index < -0.39 is 0 Å². The molecule has 0 unspecified atom stereocenters. The highest BCUT2D eigenvalue weighted by molar-refractivity contribution is 7.10. The molecule has 4 heteroatoms. The Labute approximate surface area is 168 Å². The van der Waals surface area contributed by atoms with Crippen LogP contribution in [0, 0.1) is 5.92 Å². The molecule has 3 rings (SSSR count). The predicted molar refractivity (Wildman–Crippen MR) is 114 cm³/mol. The second-order valence-corrected chi connectivity index (χ2v) is 8.73. The van der Waals surface area contributed by atoms with E-state index in [9.17, 15) is 0 Å². The Morgan fingerprint density at radius 3 is 2.67 bits per heavy atom. The van der Waals surface area contributed by atoms with Gasteiger partial charge in [-0.1, -0.05) is 31.5 Å². The van der Waals surface area contributed by atoms with Gasteiger partial charge >= 0.3 is 0 Å². The average Bonchev–Trinajstić information content (AvgIpc) is 3.20. The fourth-order valence-electron chi connectivity index (χ4n) is 3.86. The van der Waals surface area contributed by atoms with Gasteiger partial charge in [-0.2, -0.15) is 0 Å². The van der Waals surface area contributed by atoms with Crippen molar-refractivity contribution in [1.82, 2.24) is 4.90 Å². The Balaban J connectivity index is 1.69. The maximum Gasteiger partial charge on any atom is 0.161 e. The molecule has 1 aliphatic rings. The molecule has 0 saturated carbocycles. The van der Waals surface area contributed by atoms with Crippen LogP contribution in [0.3, 0.4) is 0 Å². The number of likely N-dealkylation sites (tertiary alicyclic amines) is 1. The highest BCUT2D eigenvalue weighted by atomic mass is 32.1. The number of hydrogen-bond acceptors (Lipinski definition) is 4. The van der Waals surface area contributed by atoms with E-state index in [4.69, 9.17) is 9.47 Å². The summed E-state index contributed by atoms with van der Waals surface area (Å²) in [5.74, 6) is 2.82. The van der Waals surface area contributed by atoms with Gasteiger partial charge in [0.25, 0.3) is 0 Å². The van der Waals surface area contributed by atoms with E-state index in [2.05, 4.69) is 43.2 Å². The van der Waals surface area contributed by atoms with Crippen LogP contribution in [0.5, 0.6) is 11.5 Å². The molecule has 2 heterocycles. The minimum atomic E-state index is 0.146. The van der Waals surface area contributed by atoms with Crippen LogP contribution in [-0.2, 0) is 0 Å². The van der Waals surface area contributed by atoms with Crippen molar-refractivity contribution in [2.45, 2.75) is 52.1 Å². The van der Waals surface area contributed by atoms with Crippen molar-refractivity contribution >= 4 is 11.3 Å². The Morgan fingerprint density at radius 2 is 1.96 bits per heavy atom. The Bertz CT molecular complexity index is 671. The minimum Gasteiger partial charge on any atom is -0.489 e. The molecule has 2 atom stereocenters. The summed E-state index contributed by atoms with van der Waals surface area (Å²) in [6.45, 7) is 10.6. The van der Waals surface area contributed by atoms with Gasteiger partial charge in [-0.3, -0.25) is 0 Å². The molecule has 27 heavy (non-hydrogen) atoms. The van der Waals surface area contributed by atoms with E-state index in [0.717, 1.165) is 24.7 Å². The van der Waals surface area contributed by atoms with Gasteiger partial charge in [0.1, 0.15) is 0 Å². The van der Waals surface area contributed by atoms with Crippen molar-refractivity contribution in [3.63, 3.8) is 0 Å². The molecule has 0 aliphatic carbocycles. The van der Waals surface area contributed by atoms with Gasteiger partial charge in [0.2, 0.25) is 0 Å². The van der Waals surface area contributed by atoms with Crippen molar-refractivity contribution in [3.8, 4) is 11.5 Å². The zero-order chi connectivity index (χ0) is 19.1. The Kier molecular flexibility index (Phi) is 7.59. The van der Waals surface area contributed by atoms with Crippen LogP contribution in [-0.4, -0.2) is 37.2 Å². The molecule has 0 spiro atoms. The molecule has 1 fully saturated rings. The van der Waals surface area contributed by atoms with Crippen molar-refractivity contribution in [2.75, 3.05) is 26.2 Å². The average molecular weight is 388 g/mol. The number of benzene rings is 1. The number of piperidine rings is 1. The van der Waals surface area contributed by atoms with Gasteiger partial charge in [0.05, 0.1) is 12.7 Å². The van der Waals surface area contributed by atoms with Crippen LogP contribution in [0.4, 0.5) is 0 Å². The Morgan fingerprint density at radius 1 is 1.15 bits per heavy atom. The molecule has 0 amide bonds. The van der Waals surface area contributed by atoms with Crippen molar-refractivity contribution in [3.05, 3.63) is 46.7 Å². The number of para-hydroxylation sites is 2. The lowest BCUT2D eigenvalue weighted by Crippen LogP contribution is -2.42. The summed E-state index contributed by atoms with van der Waals surface area (Å²) >= 11 is 1.89. The van der Waals surface area contributed by atoms with E-state index in [1.165, 1.54) is 37.2 Å². The number of unbranched alkanes of at least 4 members (excludes halogenated alkanes) is 1. The normalized spacial score (nSPS) is 20.7. The van der Waals surface area contributed by atoms with E-state index in [-0.39, 0.29) is 6.10 Å². The lowest BCUT2D eigenvalue weighted by molar-refractivity contribution is 0.108. The lowest BCUT2D eigenvalue weighted by atomic mass is 9.84. The van der Waals surface area contributed by atoms with E-state index >= 15 is 0 Å². The number of nitrogens with zero attached hydrogens (tertiary/aromatic N) is 1. The quantitative estimate of drug-likeness (QED) is 0.541. The van der Waals surface area contributed by atoms with Crippen LogP contribution in [0.1, 0.15) is 50.8 Å². The van der Waals surface area contributed by atoms with Crippen LogP contribution < -0.4 is 9.47 Å². The molecule has 2 aromatic rings. The maximum atomic E-state index is 6.31. The molecular weight excluding hydrogens is 354 g/mol. The lowest BCUT2D eigenvalue weighted by Gasteiger charge is -2.38. The molecule has 1 aliphatic heterocycles. The van der Waals surface area contributed by atoms with Crippen molar-refractivity contribution in [2.24, 2.45) is 5.92 Å². The molecule has 148 valence electrons. The molecule has 1 aromatic carbocycles. The van der Waals surface area contributed by atoms with Crippen LogP contribution >= 0.6 is 11.3 Å². The topological polar surface area (TPSA) is 21.7 Å². The van der Waals surface area contributed by atoms with Crippen molar-refractivity contribution in [1.29, 1.82) is 0 Å². The third-order valence-electron chi connectivity index (χ3n) is 5.22. The molecule has 0 radical (unpaired) electrons. The van der Waals surface area contributed by atoms with Crippen molar-refractivity contribution < 1.29 is 9.47 Å². The molecule has 0 bridgehead atoms. The molecule has 0 N–H and O–H groups in total. The van der Waals surface area contributed by atoms with Gasteiger partial charge in [0.15, 0.2) is 11.5 Å². The van der Waals surface area contributed by atoms with Gasteiger partial charge in [-0.15, -0.1) is 11.3 Å². The predicted octanol–water partition coefficient (Wildman–Crippen LogP) is 5.82. The summed E-state index contributed by atoms with van der Waals surface area (Å²) in [6.07, 6.45) is 3.91. The number of hydrogen-bond donors (Lipinski definition) is 0. The van der Waals surface area contributed by atoms with Gasteiger partial charge in [-0.05, 0) is 63.4 Å². The molecular formula is C23H33NO2S. The van der Waals surface area contributed by atoms with Crippen LogP contribution in [0.2, 0.25) is 0 Å². The smallest absolute Gasteiger partial charge is 0.161 e. The standard InChI is InChI=1S/C23H33NO2S/c1-4-5-13-24-14-12-20(23-11-8-15-27-23)19(16-24)17-25-21-9-6-7-10-22(21)26-18(2)3/h6-11,15,18-20H,4-5,12-14,16-17H2,1-3H3/t19-,20+/m0/s1. The SMILES string of the molecule is CCCCN1CC[C@@H](c2cccs2)[C@H](COc2ccccc2OC(C)C)C1. The summed E-state index contributed by atoms with van der Waals surface area (Å²) in [5.41, 5.74) is 0. The molecule has 1 aromatic heterocycles. The summed E-state index contributed by atoms with van der Waals surface area (Å²) in [7, 11) is 0. The first-order valence-electron chi connectivity index (χ1n) is 10.3. The fourth-order valence-corrected chi connectivity index (χ4v) is 4.81. The van der Waals surface area contributed by atoms with Gasteiger partial charge in [0, 0.05) is 23.3 Å². The van der Waals surface area contributed by atoms with E-state index in [0.29, 0.717) is 11.8 Å². The third-order valence-corrected chi connectivity index (χ3v) is 6.22. The zero-order valence-corrected chi connectivity index (χ0v) is 17.7. The number of rotatable bonds is 9. The fraction of sp³-hybridized carbons (Fsp3) is 0.565. The monoisotopic (exact) mass is 387 g/mol. The molecule has 1 saturated heterocycles. The summed E-state index contributed by atoms with van der Waals surface area (Å²) in [6, 6.07) is 12.5. The highest BCUT2D eigenvalue weighted by Crippen LogP contribution is 2.37. The van der Waals surface area contributed by atoms with Gasteiger partial charge in [-0.25, -0.2) is 0 Å². The first-order valence-corrected chi connectivity index (χ1v) is 11.2.